The van der Waals surface area contributed by atoms with Crippen molar-refractivity contribution in [3.8, 4) is 16.9 Å². The Balaban J connectivity index is 1.87. The van der Waals surface area contributed by atoms with Gasteiger partial charge in [0.1, 0.15) is 5.65 Å². The molecule has 5 rings (SSSR count). The summed E-state index contributed by atoms with van der Waals surface area (Å²) in [6.45, 7) is 1.91. The lowest BCUT2D eigenvalue weighted by Crippen LogP contribution is -2.07. The number of aromatic amines is 1. The molecule has 0 fully saturated rings. The molecule has 0 bridgehead atoms. The minimum absolute atomic E-state index is 0.0979. The van der Waals surface area contributed by atoms with Crippen LogP contribution in [-0.4, -0.2) is 24.7 Å². The van der Waals surface area contributed by atoms with Crippen molar-refractivity contribution < 1.29 is 0 Å². The average molecular weight is 388 g/mol. The van der Waals surface area contributed by atoms with Gasteiger partial charge >= 0.3 is 0 Å². The smallest absolute Gasteiger partial charge is 0.191 e. The van der Waals surface area contributed by atoms with Crippen LogP contribution in [0.15, 0.2) is 65.8 Å². The van der Waals surface area contributed by atoms with Crippen LogP contribution in [0.25, 0.3) is 38.9 Å². The highest BCUT2D eigenvalue weighted by atomic mass is 35.5. The number of halogens is 1. The van der Waals surface area contributed by atoms with Gasteiger partial charge < -0.3 is 4.98 Å². The average Bonchev–Trinajstić information content (AvgIpc) is 3.14. The van der Waals surface area contributed by atoms with E-state index in [1.54, 1.807) is 17.1 Å². The predicted octanol–water partition coefficient (Wildman–Crippen LogP) is 4.29. The molecule has 1 N–H and O–H groups in total. The molecule has 0 spiro atoms. The topological polar surface area (TPSA) is 76.5 Å². The molecule has 0 saturated heterocycles. The summed E-state index contributed by atoms with van der Waals surface area (Å²) in [5.74, 6) is 0.613. The second-order valence-electron chi connectivity index (χ2n) is 6.53. The van der Waals surface area contributed by atoms with Gasteiger partial charge in [0, 0.05) is 35.6 Å². The van der Waals surface area contributed by atoms with Crippen LogP contribution < -0.4 is 5.43 Å². The van der Waals surface area contributed by atoms with Gasteiger partial charge in [0.25, 0.3) is 0 Å². The number of aromatic nitrogens is 5. The zero-order valence-corrected chi connectivity index (χ0v) is 15.6. The Labute approximate surface area is 164 Å². The minimum atomic E-state index is -0.0979. The molecule has 0 aliphatic rings. The van der Waals surface area contributed by atoms with Crippen LogP contribution in [-0.2, 0) is 0 Å². The third-order valence-electron chi connectivity index (χ3n) is 4.63. The molecule has 0 aliphatic carbocycles. The van der Waals surface area contributed by atoms with Crippen molar-refractivity contribution in [3.63, 3.8) is 0 Å². The highest BCUT2D eigenvalue weighted by Crippen LogP contribution is 2.33. The largest absolute Gasteiger partial charge is 0.346 e. The molecule has 7 heteroatoms. The zero-order chi connectivity index (χ0) is 19.3. The van der Waals surface area contributed by atoms with E-state index in [4.69, 9.17) is 16.6 Å². The van der Waals surface area contributed by atoms with Gasteiger partial charge in [-0.1, -0.05) is 17.7 Å². The number of H-pyrrole nitrogens is 1. The SMILES string of the molecule is Cc1ccn(-c2nc3[nH]ccc(=O)c3cc2-c2cc(Cl)c3ncccc3c2)n1. The molecule has 0 amide bonds. The monoisotopic (exact) mass is 387 g/mol. The molecule has 0 saturated carbocycles. The lowest BCUT2D eigenvalue weighted by Gasteiger charge is -2.12. The Hall–Kier alpha value is -3.51. The number of hydrogen-bond acceptors (Lipinski definition) is 4. The van der Waals surface area contributed by atoms with Crippen LogP contribution in [0.4, 0.5) is 0 Å². The number of benzene rings is 1. The molecule has 0 radical (unpaired) electrons. The summed E-state index contributed by atoms with van der Waals surface area (Å²) in [7, 11) is 0. The second kappa shape index (κ2) is 6.28. The van der Waals surface area contributed by atoms with Crippen LogP contribution in [0.2, 0.25) is 5.02 Å². The van der Waals surface area contributed by atoms with Crippen molar-refractivity contribution in [3.05, 3.63) is 82.0 Å². The van der Waals surface area contributed by atoms with Crippen molar-refractivity contribution in [2.24, 2.45) is 0 Å². The van der Waals surface area contributed by atoms with E-state index in [1.807, 2.05) is 49.5 Å². The number of nitrogens with zero attached hydrogens (tertiary/aromatic N) is 4. The number of rotatable bonds is 2. The first-order valence-corrected chi connectivity index (χ1v) is 9.08. The van der Waals surface area contributed by atoms with Crippen LogP contribution in [0.3, 0.4) is 0 Å². The Kier molecular flexibility index (Phi) is 3.74. The van der Waals surface area contributed by atoms with Gasteiger partial charge in [-0.15, -0.1) is 0 Å². The molecular formula is C21H14ClN5O. The molecular weight excluding hydrogens is 374 g/mol. The first-order valence-electron chi connectivity index (χ1n) is 8.70. The van der Waals surface area contributed by atoms with Crippen molar-refractivity contribution >= 4 is 33.5 Å². The van der Waals surface area contributed by atoms with Crippen molar-refractivity contribution in [1.29, 1.82) is 0 Å². The maximum atomic E-state index is 12.4. The van der Waals surface area contributed by atoms with Gasteiger partial charge in [0.05, 0.1) is 21.6 Å². The summed E-state index contributed by atoms with van der Waals surface area (Å²) in [5.41, 5.74) is 3.62. The van der Waals surface area contributed by atoms with E-state index < -0.39 is 0 Å². The number of nitrogens with one attached hydrogen (secondary N) is 1. The highest BCUT2D eigenvalue weighted by molar-refractivity contribution is 6.35. The van der Waals surface area contributed by atoms with Gasteiger partial charge in [0.15, 0.2) is 11.2 Å². The number of pyridine rings is 3. The molecule has 1 aromatic carbocycles. The van der Waals surface area contributed by atoms with E-state index in [-0.39, 0.29) is 5.43 Å². The lowest BCUT2D eigenvalue weighted by atomic mass is 10.0. The summed E-state index contributed by atoms with van der Waals surface area (Å²) >= 11 is 6.49. The van der Waals surface area contributed by atoms with Gasteiger partial charge in [-0.3, -0.25) is 9.78 Å². The molecule has 0 unspecified atom stereocenters. The summed E-state index contributed by atoms with van der Waals surface area (Å²) in [4.78, 5) is 24.5. The molecule has 28 heavy (non-hydrogen) atoms. The van der Waals surface area contributed by atoms with Crippen LogP contribution >= 0.6 is 11.6 Å². The van der Waals surface area contributed by atoms with Crippen LogP contribution in [0.1, 0.15) is 5.69 Å². The van der Waals surface area contributed by atoms with Gasteiger partial charge in [-0.25, -0.2) is 9.67 Å². The summed E-state index contributed by atoms with van der Waals surface area (Å²) < 4.78 is 1.71. The summed E-state index contributed by atoms with van der Waals surface area (Å²) in [6, 6.07) is 12.9. The normalized spacial score (nSPS) is 11.4. The van der Waals surface area contributed by atoms with Gasteiger partial charge in [0.2, 0.25) is 0 Å². The first kappa shape index (κ1) is 16.6. The Morgan fingerprint density at radius 2 is 2.04 bits per heavy atom. The van der Waals surface area contributed by atoms with E-state index >= 15 is 0 Å². The molecule has 4 aromatic heterocycles. The fourth-order valence-corrected chi connectivity index (χ4v) is 3.59. The highest BCUT2D eigenvalue weighted by Gasteiger charge is 2.15. The molecule has 4 heterocycles. The number of aryl methyl sites for hydroxylation is 1. The van der Waals surface area contributed by atoms with Crippen LogP contribution in [0.5, 0.6) is 0 Å². The van der Waals surface area contributed by atoms with Crippen molar-refractivity contribution in [1.82, 2.24) is 24.7 Å². The second-order valence-corrected chi connectivity index (χ2v) is 6.94. The molecule has 5 aromatic rings. The van der Waals surface area contributed by atoms with Crippen molar-refractivity contribution in [2.45, 2.75) is 6.92 Å². The van der Waals surface area contributed by atoms with Gasteiger partial charge in [-0.2, -0.15) is 5.10 Å². The van der Waals surface area contributed by atoms with E-state index in [2.05, 4.69) is 15.1 Å². The van der Waals surface area contributed by atoms with E-state index in [9.17, 15) is 4.79 Å². The lowest BCUT2D eigenvalue weighted by molar-refractivity contribution is 0.838. The maximum Gasteiger partial charge on any atom is 0.191 e. The standard InChI is InChI=1S/C21H14ClN5O/c1-12-5-8-27(26-12)21-15(11-16-18(28)4-7-24-20(16)25-21)14-9-13-3-2-6-23-19(13)17(22)10-14/h2-11H,1H3,(H,24,25,28). The molecule has 6 nitrogen and oxygen atoms in total. The zero-order valence-electron chi connectivity index (χ0n) is 14.8. The van der Waals surface area contributed by atoms with E-state index in [0.717, 1.165) is 27.7 Å². The fourth-order valence-electron chi connectivity index (χ4n) is 3.31. The fraction of sp³-hybridized carbons (Fsp3) is 0.0476. The summed E-state index contributed by atoms with van der Waals surface area (Å²) in [6.07, 6.45) is 5.15. The van der Waals surface area contributed by atoms with E-state index in [0.29, 0.717) is 21.9 Å². The predicted molar refractivity (Wildman–Crippen MR) is 110 cm³/mol. The third kappa shape index (κ3) is 2.66. The Morgan fingerprint density at radius 3 is 2.86 bits per heavy atom. The van der Waals surface area contributed by atoms with E-state index in [1.165, 1.54) is 6.07 Å². The van der Waals surface area contributed by atoms with Gasteiger partial charge in [-0.05, 0) is 42.8 Å². The summed E-state index contributed by atoms with van der Waals surface area (Å²) in [5, 5.41) is 6.46. The number of hydrogen-bond donors (Lipinski definition) is 1. The third-order valence-corrected chi connectivity index (χ3v) is 4.92. The Morgan fingerprint density at radius 1 is 1.14 bits per heavy atom. The van der Waals surface area contributed by atoms with Crippen LogP contribution in [0, 0.1) is 6.92 Å². The number of fused-ring (bicyclic) bond motifs is 2. The molecule has 0 atom stereocenters. The minimum Gasteiger partial charge on any atom is -0.346 e. The Bertz CT molecular complexity index is 1420. The molecule has 136 valence electrons. The molecule has 0 aliphatic heterocycles. The first-order chi connectivity index (χ1) is 13.6. The van der Waals surface area contributed by atoms with Crippen molar-refractivity contribution in [2.75, 3.05) is 0 Å². The maximum absolute atomic E-state index is 12.4. The quantitative estimate of drug-likeness (QED) is 0.490.